The highest BCUT2D eigenvalue weighted by Gasteiger charge is 2.57. The molecule has 1 aliphatic carbocycles. The van der Waals surface area contributed by atoms with Crippen molar-refractivity contribution in [3.8, 4) is 0 Å². The zero-order valence-electron chi connectivity index (χ0n) is 10.8. The third-order valence-corrected chi connectivity index (χ3v) is 4.60. The molecular weight excluding hydrogens is 248 g/mol. The van der Waals surface area contributed by atoms with Crippen LogP contribution >= 0.6 is 11.6 Å². The molecule has 1 saturated carbocycles. The van der Waals surface area contributed by atoms with Crippen molar-refractivity contribution in [1.29, 1.82) is 0 Å². The lowest BCUT2D eigenvalue weighted by Crippen LogP contribution is -2.67. The molecule has 0 amide bonds. The number of halogens is 1. The standard InChI is InChI=1S/C14H19ClN2O/c1-14(2)12(10-4-3-7-18-13(10)14)17-9-5-6-11(15)16-8-9/h5-6,8,10,12-13,17H,3-4,7H2,1-2H3. The van der Waals surface area contributed by atoms with Gasteiger partial charge in [0.1, 0.15) is 5.15 Å². The van der Waals surface area contributed by atoms with Crippen LogP contribution in [0.25, 0.3) is 0 Å². The summed E-state index contributed by atoms with van der Waals surface area (Å²) in [6.07, 6.45) is 4.64. The molecule has 3 atom stereocenters. The van der Waals surface area contributed by atoms with Crippen LogP contribution in [0, 0.1) is 11.3 Å². The first-order valence-corrected chi connectivity index (χ1v) is 6.96. The third-order valence-electron chi connectivity index (χ3n) is 4.38. The van der Waals surface area contributed by atoms with E-state index in [0.717, 1.165) is 12.3 Å². The number of nitrogens with zero attached hydrogens (tertiary/aromatic N) is 1. The van der Waals surface area contributed by atoms with Gasteiger partial charge in [-0.2, -0.15) is 0 Å². The quantitative estimate of drug-likeness (QED) is 0.834. The fourth-order valence-corrected chi connectivity index (χ4v) is 3.57. The maximum Gasteiger partial charge on any atom is 0.129 e. The van der Waals surface area contributed by atoms with Gasteiger partial charge in [-0.3, -0.25) is 0 Å². The highest BCUT2D eigenvalue weighted by atomic mass is 35.5. The molecule has 3 rings (SSSR count). The second kappa shape index (κ2) is 4.39. The minimum absolute atomic E-state index is 0.185. The number of ether oxygens (including phenoxy) is 1. The van der Waals surface area contributed by atoms with Crippen molar-refractivity contribution in [3.63, 3.8) is 0 Å². The molecule has 1 saturated heterocycles. The monoisotopic (exact) mass is 266 g/mol. The van der Waals surface area contributed by atoms with Gasteiger partial charge in [0.25, 0.3) is 0 Å². The Morgan fingerprint density at radius 1 is 1.44 bits per heavy atom. The average Bonchev–Trinajstić information content (AvgIpc) is 2.38. The van der Waals surface area contributed by atoms with Gasteiger partial charge in [0, 0.05) is 24.0 Å². The molecule has 0 aromatic carbocycles. The normalized spacial score (nSPS) is 33.4. The molecule has 1 N–H and O–H groups in total. The topological polar surface area (TPSA) is 34.2 Å². The first-order valence-electron chi connectivity index (χ1n) is 6.59. The van der Waals surface area contributed by atoms with E-state index in [9.17, 15) is 0 Å². The largest absolute Gasteiger partial charge is 0.380 e. The molecule has 1 aromatic rings. The Labute approximate surface area is 113 Å². The molecule has 4 heteroatoms. The fourth-order valence-electron chi connectivity index (χ4n) is 3.46. The van der Waals surface area contributed by atoms with E-state index in [1.165, 1.54) is 12.8 Å². The van der Waals surface area contributed by atoms with E-state index >= 15 is 0 Å². The molecule has 0 bridgehead atoms. The van der Waals surface area contributed by atoms with Crippen molar-refractivity contribution in [2.75, 3.05) is 11.9 Å². The molecule has 2 aliphatic rings. The summed E-state index contributed by atoms with van der Waals surface area (Å²) >= 11 is 5.80. The van der Waals surface area contributed by atoms with E-state index in [4.69, 9.17) is 16.3 Å². The van der Waals surface area contributed by atoms with E-state index in [1.807, 2.05) is 12.1 Å². The van der Waals surface area contributed by atoms with E-state index in [0.29, 0.717) is 23.2 Å². The Hall–Kier alpha value is -0.800. The van der Waals surface area contributed by atoms with Crippen LogP contribution in [0.1, 0.15) is 26.7 Å². The van der Waals surface area contributed by atoms with Crippen LogP contribution in [0.4, 0.5) is 5.69 Å². The minimum Gasteiger partial charge on any atom is -0.380 e. The van der Waals surface area contributed by atoms with E-state index in [1.54, 1.807) is 6.20 Å². The Bertz CT molecular complexity index is 432. The molecule has 3 nitrogen and oxygen atoms in total. The molecule has 2 fully saturated rings. The van der Waals surface area contributed by atoms with Gasteiger partial charge in [0.2, 0.25) is 0 Å². The van der Waals surface area contributed by atoms with Crippen LogP contribution in [-0.4, -0.2) is 23.7 Å². The number of nitrogens with one attached hydrogen (secondary N) is 1. The molecule has 0 radical (unpaired) electrons. The highest BCUT2D eigenvalue weighted by molar-refractivity contribution is 6.29. The number of fused-ring (bicyclic) bond motifs is 1. The van der Waals surface area contributed by atoms with E-state index in [-0.39, 0.29) is 5.41 Å². The lowest BCUT2D eigenvalue weighted by molar-refractivity contribution is -0.177. The molecule has 18 heavy (non-hydrogen) atoms. The second-order valence-electron chi connectivity index (χ2n) is 5.91. The smallest absolute Gasteiger partial charge is 0.129 e. The van der Waals surface area contributed by atoms with Crippen LogP contribution in [0.3, 0.4) is 0 Å². The Balaban J connectivity index is 1.74. The zero-order chi connectivity index (χ0) is 12.8. The summed E-state index contributed by atoms with van der Waals surface area (Å²) < 4.78 is 5.90. The second-order valence-corrected chi connectivity index (χ2v) is 6.30. The molecular formula is C14H19ClN2O. The van der Waals surface area contributed by atoms with Crippen molar-refractivity contribution in [1.82, 2.24) is 4.98 Å². The predicted molar refractivity (Wildman–Crippen MR) is 72.9 cm³/mol. The summed E-state index contributed by atoms with van der Waals surface area (Å²) in [5.41, 5.74) is 1.23. The van der Waals surface area contributed by atoms with Gasteiger partial charge >= 0.3 is 0 Å². The molecule has 98 valence electrons. The van der Waals surface area contributed by atoms with Crippen molar-refractivity contribution in [2.45, 2.75) is 38.8 Å². The van der Waals surface area contributed by atoms with Crippen LogP contribution in [0.15, 0.2) is 18.3 Å². The summed E-state index contributed by atoms with van der Waals surface area (Å²) in [7, 11) is 0. The summed E-state index contributed by atoms with van der Waals surface area (Å²) in [5.74, 6) is 0.629. The lowest BCUT2D eigenvalue weighted by atomic mass is 9.55. The van der Waals surface area contributed by atoms with Crippen molar-refractivity contribution >= 4 is 17.3 Å². The number of rotatable bonds is 2. The van der Waals surface area contributed by atoms with Crippen molar-refractivity contribution in [3.05, 3.63) is 23.5 Å². The molecule has 1 aromatic heterocycles. The van der Waals surface area contributed by atoms with Crippen LogP contribution in [0.5, 0.6) is 0 Å². The molecule has 1 aliphatic heterocycles. The van der Waals surface area contributed by atoms with Gasteiger partial charge in [0.15, 0.2) is 0 Å². The third kappa shape index (κ3) is 1.90. The molecule has 3 unspecified atom stereocenters. The van der Waals surface area contributed by atoms with Gasteiger partial charge in [-0.15, -0.1) is 0 Å². The van der Waals surface area contributed by atoms with Gasteiger partial charge < -0.3 is 10.1 Å². The first-order chi connectivity index (χ1) is 8.59. The zero-order valence-corrected chi connectivity index (χ0v) is 11.6. The number of aromatic nitrogens is 1. The fraction of sp³-hybridized carbons (Fsp3) is 0.643. The summed E-state index contributed by atoms with van der Waals surface area (Å²) in [6.45, 7) is 5.47. The maximum absolute atomic E-state index is 5.90. The van der Waals surface area contributed by atoms with Crippen LogP contribution in [0.2, 0.25) is 5.15 Å². The number of hydrogen-bond donors (Lipinski definition) is 1. The summed E-state index contributed by atoms with van der Waals surface area (Å²) in [5, 5.41) is 4.13. The number of pyridine rings is 1. The van der Waals surface area contributed by atoms with Gasteiger partial charge in [-0.25, -0.2) is 4.98 Å². The number of anilines is 1. The Morgan fingerprint density at radius 3 is 3.00 bits per heavy atom. The first kappa shape index (κ1) is 12.2. The summed E-state index contributed by atoms with van der Waals surface area (Å²) in [6, 6.07) is 4.28. The van der Waals surface area contributed by atoms with Gasteiger partial charge in [-0.05, 0) is 25.0 Å². The van der Waals surface area contributed by atoms with Crippen molar-refractivity contribution in [2.24, 2.45) is 11.3 Å². The van der Waals surface area contributed by atoms with Crippen LogP contribution in [-0.2, 0) is 4.74 Å². The lowest BCUT2D eigenvalue weighted by Gasteiger charge is -2.60. The average molecular weight is 267 g/mol. The van der Waals surface area contributed by atoms with Gasteiger partial charge in [-0.1, -0.05) is 25.4 Å². The van der Waals surface area contributed by atoms with Crippen molar-refractivity contribution < 1.29 is 4.74 Å². The summed E-state index contributed by atoms with van der Waals surface area (Å²) in [4.78, 5) is 4.11. The molecule has 2 heterocycles. The molecule has 0 spiro atoms. The van der Waals surface area contributed by atoms with Crippen LogP contribution < -0.4 is 5.32 Å². The van der Waals surface area contributed by atoms with E-state index < -0.39 is 0 Å². The predicted octanol–water partition coefficient (Wildman–Crippen LogP) is 3.35. The Kier molecular flexibility index (Phi) is 2.99. The van der Waals surface area contributed by atoms with Gasteiger partial charge in [0.05, 0.1) is 18.0 Å². The Morgan fingerprint density at radius 2 is 2.28 bits per heavy atom. The SMILES string of the molecule is CC1(C)C(Nc2ccc(Cl)nc2)C2CCCOC21. The minimum atomic E-state index is 0.185. The highest BCUT2D eigenvalue weighted by Crippen LogP contribution is 2.52. The maximum atomic E-state index is 5.90. The number of hydrogen-bond acceptors (Lipinski definition) is 3. The van der Waals surface area contributed by atoms with E-state index in [2.05, 4.69) is 24.1 Å².